The molecular weight excluding hydrogens is 518 g/mol. The minimum Gasteiger partial charge on any atom is -0.505 e. The van der Waals surface area contributed by atoms with Crippen LogP contribution in [0.4, 0.5) is 11.4 Å². The number of anilines is 2. The van der Waals surface area contributed by atoms with E-state index in [9.17, 15) is 9.90 Å². The summed E-state index contributed by atoms with van der Waals surface area (Å²) in [7, 11) is 5.49. The van der Waals surface area contributed by atoms with Gasteiger partial charge in [-0.3, -0.25) is 4.79 Å². The largest absolute Gasteiger partial charge is 0.505 e. The number of allylic oxidation sites excluding steroid dienone is 1. The van der Waals surface area contributed by atoms with Crippen LogP contribution >= 0.6 is 11.6 Å². The van der Waals surface area contributed by atoms with Crippen molar-refractivity contribution in [3.63, 3.8) is 0 Å². The number of aliphatic hydroxyl groups is 1. The van der Waals surface area contributed by atoms with Gasteiger partial charge in [-0.1, -0.05) is 11.6 Å². The SMILES string of the molecule is COc1cc(CN2C=NC=C(O)C=N2)cc(C(=O)Nc2ccc(Cl)c(-c3nc4ccc(N(C)C)cc4[nH]3)c2)c1. The molecule has 0 saturated heterocycles. The normalized spacial score (nSPS) is 12.8. The van der Waals surface area contributed by atoms with Crippen LogP contribution in [0.3, 0.4) is 0 Å². The number of hydrogen-bond acceptors (Lipinski definition) is 8. The number of carbonyl (C=O) groups is 1. The highest BCUT2D eigenvalue weighted by atomic mass is 35.5. The molecule has 5 rings (SSSR count). The summed E-state index contributed by atoms with van der Waals surface area (Å²) >= 11 is 6.52. The van der Waals surface area contributed by atoms with E-state index >= 15 is 0 Å². The van der Waals surface area contributed by atoms with E-state index in [4.69, 9.17) is 16.3 Å². The van der Waals surface area contributed by atoms with E-state index in [0.717, 1.165) is 22.3 Å². The Morgan fingerprint density at radius 2 is 2.00 bits per heavy atom. The number of halogens is 1. The Balaban J connectivity index is 1.39. The third kappa shape index (κ3) is 5.86. The van der Waals surface area contributed by atoms with Gasteiger partial charge in [0, 0.05) is 36.6 Å². The zero-order valence-electron chi connectivity index (χ0n) is 21.5. The number of fused-ring (bicyclic) bond motifs is 1. The first-order valence-corrected chi connectivity index (χ1v) is 12.4. The molecule has 0 spiro atoms. The van der Waals surface area contributed by atoms with Crippen molar-refractivity contribution < 1.29 is 14.6 Å². The van der Waals surface area contributed by atoms with Crippen molar-refractivity contribution in [1.29, 1.82) is 0 Å². The number of aromatic amines is 1. The molecule has 0 saturated carbocycles. The molecule has 198 valence electrons. The lowest BCUT2D eigenvalue weighted by Gasteiger charge is -2.15. The number of rotatable bonds is 7. The quantitative estimate of drug-likeness (QED) is 0.286. The lowest BCUT2D eigenvalue weighted by molar-refractivity contribution is 0.102. The van der Waals surface area contributed by atoms with Crippen molar-refractivity contribution >= 4 is 52.5 Å². The number of nitrogens with one attached hydrogen (secondary N) is 2. The van der Waals surface area contributed by atoms with E-state index in [2.05, 4.69) is 25.4 Å². The van der Waals surface area contributed by atoms with E-state index in [0.29, 0.717) is 40.0 Å². The summed E-state index contributed by atoms with van der Waals surface area (Å²) in [5, 5.41) is 18.7. The number of hydrogen-bond donors (Lipinski definition) is 3. The van der Waals surface area contributed by atoms with Gasteiger partial charge in [-0.25, -0.2) is 15.0 Å². The van der Waals surface area contributed by atoms with Gasteiger partial charge in [0.15, 0.2) is 5.76 Å². The molecule has 1 aliphatic heterocycles. The van der Waals surface area contributed by atoms with Gasteiger partial charge in [0.05, 0.1) is 42.1 Å². The van der Waals surface area contributed by atoms with Crippen molar-refractivity contribution in [3.8, 4) is 17.1 Å². The van der Waals surface area contributed by atoms with E-state index in [1.165, 1.54) is 30.9 Å². The highest BCUT2D eigenvalue weighted by Crippen LogP contribution is 2.31. The lowest BCUT2D eigenvalue weighted by Crippen LogP contribution is -2.16. The van der Waals surface area contributed by atoms with Crippen LogP contribution in [0.15, 0.2) is 76.7 Å². The molecule has 11 heteroatoms. The molecule has 2 heterocycles. The maximum absolute atomic E-state index is 13.3. The molecule has 1 amide bonds. The fourth-order valence-corrected chi connectivity index (χ4v) is 4.25. The van der Waals surface area contributed by atoms with Gasteiger partial charge in [0.2, 0.25) is 0 Å². The number of nitrogens with zero attached hydrogens (tertiary/aromatic N) is 5. The Hall–Kier alpha value is -4.83. The highest BCUT2D eigenvalue weighted by Gasteiger charge is 2.15. The van der Waals surface area contributed by atoms with Crippen LogP contribution in [0.1, 0.15) is 15.9 Å². The van der Waals surface area contributed by atoms with Crippen molar-refractivity contribution in [2.24, 2.45) is 10.1 Å². The monoisotopic (exact) mass is 543 g/mol. The molecule has 0 bridgehead atoms. The summed E-state index contributed by atoms with van der Waals surface area (Å²) in [5.41, 5.74) is 5.14. The Bertz CT molecular complexity index is 1640. The molecule has 0 atom stereocenters. The molecule has 0 fully saturated rings. The first-order valence-electron chi connectivity index (χ1n) is 12.0. The number of imidazole rings is 1. The van der Waals surface area contributed by atoms with Crippen LogP contribution in [0.5, 0.6) is 5.75 Å². The van der Waals surface area contributed by atoms with Gasteiger partial charge in [-0.2, -0.15) is 5.10 Å². The zero-order valence-corrected chi connectivity index (χ0v) is 22.3. The maximum atomic E-state index is 13.3. The molecule has 3 aromatic carbocycles. The van der Waals surface area contributed by atoms with E-state index in [1.807, 2.05) is 43.3 Å². The summed E-state index contributed by atoms with van der Waals surface area (Å²) < 4.78 is 5.42. The van der Waals surface area contributed by atoms with Gasteiger partial charge in [0.25, 0.3) is 5.91 Å². The van der Waals surface area contributed by atoms with Crippen molar-refractivity contribution in [1.82, 2.24) is 15.0 Å². The second-order valence-corrected chi connectivity index (χ2v) is 9.47. The number of aromatic nitrogens is 2. The molecule has 0 aliphatic carbocycles. The maximum Gasteiger partial charge on any atom is 0.255 e. The van der Waals surface area contributed by atoms with E-state index < -0.39 is 0 Å². The molecular formula is C28H26ClN7O3. The zero-order chi connectivity index (χ0) is 27.5. The van der Waals surface area contributed by atoms with Crippen LogP contribution in [0.25, 0.3) is 22.4 Å². The summed E-state index contributed by atoms with van der Waals surface area (Å²) in [5.74, 6) is 0.746. The fraction of sp³-hybridized carbons (Fsp3) is 0.143. The minimum atomic E-state index is -0.323. The number of amides is 1. The highest BCUT2D eigenvalue weighted by molar-refractivity contribution is 6.33. The van der Waals surface area contributed by atoms with Gasteiger partial charge in [0.1, 0.15) is 17.9 Å². The van der Waals surface area contributed by atoms with Crippen molar-refractivity contribution in [2.75, 3.05) is 31.4 Å². The summed E-state index contributed by atoms with van der Waals surface area (Å²) in [6, 6.07) is 16.4. The molecule has 10 nitrogen and oxygen atoms in total. The number of carbonyl (C=O) groups excluding carboxylic acids is 1. The third-order valence-corrected chi connectivity index (χ3v) is 6.34. The first kappa shape index (κ1) is 25.8. The molecule has 1 aromatic heterocycles. The predicted octanol–water partition coefficient (Wildman–Crippen LogP) is 5.44. The first-order chi connectivity index (χ1) is 18.8. The van der Waals surface area contributed by atoms with Gasteiger partial charge in [-0.15, -0.1) is 0 Å². The minimum absolute atomic E-state index is 0.0530. The second-order valence-electron chi connectivity index (χ2n) is 9.06. The summed E-state index contributed by atoms with van der Waals surface area (Å²) in [6.07, 6.45) is 4.07. The van der Waals surface area contributed by atoms with E-state index in [-0.39, 0.29) is 11.7 Å². The molecule has 3 N–H and O–H groups in total. The van der Waals surface area contributed by atoms with E-state index in [1.54, 1.807) is 30.3 Å². The van der Waals surface area contributed by atoms with Gasteiger partial charge >= 0.3 is 0 Å². The smallest absolute Gasteiger partial charge is 0.255 e. The number of benzene rings is 3. The Kier molecular flexibility index (Phi) is 7.20. The Labute approximate surface area is 229 Å². The number of methoxy groups -OCH3 is 1. The number of aliphatic imine (C=N–C) groups is 1. The standard InChI is InChI=1S/C28H26ClN7O3/c1-35(2)20-5-7-25-26(12-20)34-27(33-25)23-11-19(4-6-24(23)29)32-28(38)18-8-17(9-22(10-18)39-3)15-36-16-30-13-21(37)14-31-36/h4-14,16,37H,15H2,1-3H3,(H,32,38)(H,33,34). The average Bonchev–Trinajstić information content (AvgIpc) is 3.25. The Morgan fingerprint density at radius 3 is 2.79 bits per heavy atom. The summed E-state index contributed by atoms with van der Waals surface area (Å²) in [4.78, 5) is 27.3. The van der Waals surface area contributed by atoms with Crippen molar-refractivity contribution in [2.45, 2.75) is 6.54 Å². The van der Waals surface area contributed by atoms with Crippen LogP contribution < -0.4 is 15.0 Å². The molecule has 1 aliphatic rings. The average molecular weight is 544 g/mol. The lowest BCUT2D eigenvalue weighted by atomic mass is 10.1. The predicted molar refractivity (Wildman–Crippen MR) is 155 cm³/mol. The van der Waals surface area contributed by atoms with Crippen LogP contribution in [0.2, 0.25) is 5.02 Å². The van der Waals surface area contributed by atoms with Crippen LogP contribution in [-0.2, 0) is 6.54 Å². The molecule has 4 aromatic rings. The molecule has 39 heavy (non-hydrogen) atoms. The molecule has 0 radical (unpaired) electrons. The number of aliphatic hydroxyl groups excluding tert-OH is 1. The number of ether oxygens (including phenoxy) is 1. The third-order valence-electron chi connectivity index (χ3n) is 6.02. The topological polar surface area (TPSA) is 118 Å². The van der Waals surface area contributed by atoms with Crippen molar-refractivity contribution in [3.05, 3.63) is 82.7 Å². The Morgan fingerprint density at radius 1 is 1.15 bits per heavy atom. The second kappa shape index (κ2) is 10.9. The summed E-state index contributed by atoms with van der Waals surface area (Å²) in [6.45, 7) is 0.311. The number of hydrazone groups is 1. The van der Waals surface area contributed by atoms with Crippen LogP contribution in [-0.4, -0.2) is 59.7 Å². The van der Waals surface area contributed by atoms with Crippen LogP contribution in [0, 0.1) is 0 Å². The molecule has 0 unspecified atom stereocenters. The van der Waals surface area contributed by atoms with Gasteiger partial charge in [-0.05, 0) is 60.2 Å². The van der Waals surface area contributed by atoms with Gasteiger partial charge < -0.3 is 25.0 Å². The fourth-order valence-electron chi connectivity index (χ4n) is 4.04. The number of H-pyrrole nitrogens is 1.